The van der Waals surface area contributed by atoms with Gasteiger partial charge in [-0.25, -0.2) is 0 Å². The normalized spacial score (nSPS) is 9.83. The van der Waals surface area contributed by atoms with Gasteiger partial charge in [-0.15, -0.1) is 0 Å². The van der Waals surface area contributed by atoms with Crippen LogP contribution in [0.25, 0.3) is 0 Å². The number of anilines is 1. The molecule has 1 rings (SSSR count). The molecule has 1 aromatic carbocycles. The summed E-state index contributed by atoms with van der Waals surface area (Å²) < 4.78 is 1.13. The molecular weight excluding hydrogens is 214 g/mol. The molecule has 0 spiro atoms. The van der Waals surface area contributed by atoms with E-state index in [0.717, 1.165) is 11.0 Å². The van der Waals surface area contributed by atoms with Crippen LogP contribution in [0.3, 0.4) is 0 Å². The summed E-state index contributed by atoms with van der Waals surface area (Å²) in [5.41, 5.74) is 1.20. The molecule has 0 atom stereocenters. The van der Waals surface area contributed by atoms with Crippen molar-refractivity contribution in [3.8, 4) is 0 Å². The van der Waals surface area contributed by atoms with Crippen LogP contribution < -0.4 is 5.32 Å². The summed E-state index contributed by atoms with van der Waals surface area (Å²) >= 11 is 3.40. The van der Waals surface area contributed by atoms with E-state index >= 15 is 0 Å². The van der Waals surface area contributed by atoms with Gasteiger partial charge in [0.2, 0.25) is 0 Å². The summed E-state index contributed by atoms with van der Waals surface area (Å²) in [5.74, 6) is 0. The van der Waals surface area contributed by atoms with Crippen LogP contribution >= 0.6 is 15.9 Å². The van der Waals surface area contributed by atoms with Crippen molar-refractivity contribution in [1.29, 1.82) is 0 Å². The fourth-order valence-electron chi connectivity index (χ4n) is 0.977. The molecule has 0 aliphatic carbocycles. The molecule has 0 aromatic heterocycles. The molecule has 1 aromatic rings. The molecule has 0 saturated carbocycles. The highest BCUT2D eigenvalue weighted by Gasteiger charge is 1.89. The number of rotatable bonds is 4. The predicted molar refractivity (Wildman–Crippen MR) is 57.5 cm³/mol. The van der Waals surface area contributed by atoms with Crippen molar-refractivity contribution in [2.45, 2.75) is 19.8 Å². The van der Waals surface area contributed by atoms with E-state index < -0.39 is 0 Å². The number of benzene rings is 1. The van der Waals surface area contributed by atoms with Crippen molar-refractivity contribution in [3.63, 3.8) is 0 Å². The van der Waals surface area contributed by atoms with Crippen molar-refractivity contribution >= 4 is 21.6 Å². The van der Waals surface area contributed by atoms with Gasteiger partial charge in [-0.3, -0.25) is 0 Å². The van der Waals surface area contributed by atoms with Crippen LogP contribution in [0.4, 0.5) is 5.69 Å². The van der Waals surface area contributed by atoms with Gasteiger partial charge in [-0.1, -0.05) is 29.3 Å². The van der Waals surface area contributed by atoms with Gasteiger partial charge in [0.25, 0.3) is 0 Å². The van der Waals surface area contributed by atoms with E-state index in [1.54, 1.807) is 0 Å². The molecule has 0 heterocycles. The largest absolute Gasteiger partial charge is 0.385 e. The van der Waals surface area contributed by atoms with E-state index in [9.17, 15) is 0 Å². The fraction of sp³-hybridized carbons (Fsp3) is 0.400. The summed E-state index contributed by atoms with van der Waals surface area (Å²) in [6.07, 6.45) is 2.47. The lowest BCUT2D eigenvalue weighted by Gasteiger charge is -2.04. The average Bonchev–Trinajstić information content (AvgIpc) is 2.09. The first-order chi connectivity index (χ1) is 5.83. The Morgan fingerprint density at radius 2 is 1.92 bits per heavy atom. The standard InChI is InChI=1S/C10H14BrN/c1-2-3-8-12-10-6-4-9(11)5-7-10/h4-7,12H,2-3,8H2,1H3. The van der Waals surface area contributed by atoms with Gasteiger partial charge in [0.1, 0.15) is 0 Å². The Hall–Kier alpha value is -0.500. The number of hydrogen-bond acceptors (Lipinski definition) is 1. The lowest BCUT2D eigenvalue weighted by molar-refractivity contribution is 0.834. The molecule has 0 fully saturated rings. The maximum atomic E-state index is 3.40. The van der Waals surface area contributed by atoms with Gasteiger partial charge in [-0.05, 0) is 30.7 Å². The van der Waals surface area contributed by atoms with Crippen LogP contribution in [-0.2, 0) is 0 Å². The third-order valence-corrected chi connectivity index (χ3v) is 2.23. The Morgan fingerprint density at radius 3 is 2.50 bits per heavy atom. The lowest BCUT2D eigenvalue weighted by Crippen LogP contribution is -1.99. The second kappa shape index (κ2) is 5.20. The van der Waals surface area contributed by atoms with Gasteiger partial charge in [0.05, 0.1) is 0 Å². The minimum atomic E-state index is 1.07. The third-order valence-electron chi connectivity index (χ3n) is 1.70. The molecule has 0 aliphatic rings. The van der Waals surface area contributed by atoms with Gasteiger partial charge in [0.15, 0.2) is 0 Å². The average molecular weight is 228 g/mol. The van der Waals surface area contributed by atoms with Crippen molar-refractivity contribution in [1.82, 2.24) is 0 Å². The maximum Gasteiger partial charge on any atom is 0.0340 e. The predicted octanol–water partition coefficient (Wildman–Crippen LogP) is 3.66. The monoisotopic (exact) mass is 227 g/mol. The molecule has 0 saturated heterocycles. The highest BCUT2D eigenvalue weighted by atomic mass is 79.9. The molecule has 66 valence electrons. The van der Waals surface area contributed by atoms with E-state index in [0.29, 0.717) is 0 Å². The van der Waals surface area contributed by atoms with E-state index in [4.69, 9.17) is 0 Å². The topological polar surface area (TPSA) is 12.0 Å². The second-order valence-corrected chi connectivity index (χ2v) is 3.70. The molecule has 0 bridgehead atoms. The van der Waals surface area contributed by atoms with Gasteiger partial charge >= 0.3 is 0 Å². The molecular formula is C10H14BrN. The SMILES string of the molecule is CCCCNc1ccc(Br)cc1. The quantitative estimate of drug-likeness (QED) is 0.775. The summed E-state index contributed by atoms with van der Waals surface area (Å²) in [7, 11) is 0. The minimum Gasteiger partial charge on any atom is -0.385 e. The molecule has 0 unspecified atom stereocenters. The maximum absolute atomic E-state index is 3.40. The highest BCUT2D eigenvalue weighted by Crippen LogP contribution is 2.13. The van der Waals surface area contributed by atoms with Crippen molar-refractivity contribution < 1.29 is 0 Å². The Balaban J connectivity index is 2.37. The molecule has 0 amide bonds. The van der Waals surface area contributed by atoms with E-state index in [1.807, 2.05) is 12.1 Å². The number of unbranched alkanes of at least 4 members (excludes halogenated alkanes) is 1. The van der Waals surface area contributed by atoms with Crippen LogP contribution in [0.15, 0.2) is 28.7 Å². The zero-order chi connectivity index (χ0) is 8.81. The van der Waals surface area contributed by atoms with Gasteiger partial charge in [0, 0.05) is 16.7 Å². The van der Waals surface area contributed by atoms with E-state index in [1.165, 1.54) is 18.5 Å². The van der Waals surface area contributed by atoms with Gasteiger partial charge < -0.3 is 5.32 Å². The zero-order valence-corrected chi connectivity index (χ0v) is 8.89. The zero-order valence-electron chi connectivity index (χ0n) is 7.31. The van der Waals surface area contributed by atoms with Crippen LogP contribution in [0.1, 0.15) is 19.8 Å². The smallest absolute Gasteiger partial charge is 0.0340 e. The first-order valence-electron chi connectivity index (χ1n) is 4.32. The summed E-state index contributed by atoms with van der Waals surface area (Å²) in [6.45, 7) is 3.27. The number of halogens is 1. The summed E-state index contributed by atoms with van der Waals surface area (Å²) in [6, 6.07) is 8.27. The third kappa shape index (κ3) is 3.26. The number of nitrogens with one attached hydrogen (secondary N) is 1. The van der Waals surface area contributed by atoms with Crippen molar-refractivity contribution in [2.75, 3.05) is 11.9 Å². The molecule has 2 heteroatoms. The first-order valence-corrected chi connectivity index (χ1v) is 5.11. The Bertz CT molecular complexity index is 218. The summed E-state index contributed by atoms with van der Waals surface area (Å²) in [5, 5.41) is 3.35. The lowest BCUT2D eigenvalue weighted by atomic mass is 10.3. The molecule has 12 heavy (non-hydrogen) atoms. The second-order valence-electron chi connectivity index (χ2n) is 2.79. The highest BCUT2D eigenvalue weighted by molar-refractivity contribution is 9.10. The molecule has 0 aliphatic heterocycles. The molecule has 0 radical (unpaired) electrons. The minimum absolute atomic E-state index is 1.07. The summed E-state index contributed by atoms with van der Waals surface area (Å²) in [4.78, 5) is 0. The Labute approximate surface area is 82.3 Å². The fourth-order valence-corrected chi connectivity index (χ4v) is 1.24. The van der Waals surface area contributed by atoms with Crippen LogP contribution in [0.2, 0.25) is 0 Å². The Morgan fingerprint density at radius 1 is 1.25 bits per heavy atom. The number of hydrogen-bond donors (Lipinski definition) is 1. The molecule has 1 nitrogen and oxygen atoms in total. The van der Waals surface area contributed by atoms with Crippen LogP contribution in [-0.4, -0.2) is 6.54 Å². The van der Waals surface area contributed by atoms with E-state index in [-0.39, 0.29) is 0 Å². The van der Waals surface area contributed by atoms with Crippen LogP contribution in [0.5, 0.6) is 0 Å². The Kier molecular flexibility index (Phi) is 4.15. The van der Waals surface area contributed by atoms with Crippen LogP contribution in [0, 0.1) is 0 Å². The molecule has 1 N–H and O–H groups in total. The van der Waals surface area contributed by atoms with E-state index in [2.05, 4.69) is 40.3 Å². The van der Waals surface area contributed by atoms with Crippen molar-refractivity contribution in [2.24, 2.45) is 0 Å². The van der Waals surface area contributed by atoms with Crippen molar-refractivity contribution in [3.05, 3.63) is 28.7 Å². The first kappa shape index (κ1) is 9.59. The van der Waals surface area contributed by atoms with Gasteiger partial charge in [-0.2, -0.15) is 0 Å².